The van der Waals surface area contributed by atoms with Crippen molar-refractivity contribution in [1.82, 2.24) is 0 Å². The SMILES string of the molecule is CCC1Cc2cc3c(cc2N1)NC(C(C)C)C3.[HH].[HH]. The summed E-state index contributed by atoms with van der Waals surface area (Å²) in [6.45, 7) is 6.84. The van der Waals surface area contributed by atoms with Crippen LogP contribution in [0, 0.1) is 5.92 Å². The number of benzene rings is 1. The van der Waals surface area contributed by atoms with E-state index in [1.54, 1.807) is 0 Å². The van der Waals surface area contributed by atoms with Crippen molar-refractivity contribution >= 4 is 11.4 Å². The molecule has 2 aliphatic heterocycles. The van der Waals surface area contributed by atoms with Crippen LogP contribution in [-0.2, 0) is 12.8 Å². The zero-order chi connectivity index (χ0) is 12.0. The first-order valence-electron chi connectivity index (χ1n) is 6.86. The number of hydrogen-bond donors (Lipinski definition) is 2. The molecular formula is C15H26N2. The van der Waals surface area contributed by atoms with Gasteiger partial charge in [0.1, 0.15) is 0 Å². The van der Waals surface area contributed by atoms with Gasteiger partial charge in [-0.05, 0) is 42.4 Å². The molecule has 0 fully saturated rings. The summed E-state index contributed by atoms with van der Waals surface area (Å²) in [6, 6.07) is 6.01. The van der Waals surface area contributed by atoms with E-state index in [4.69, 9.17) is 0 Å². The highest BCUT2D eigenvalue weighted by molar-refractivity contribution is 5.70. The first-order chi connectivity index (χ1) is 8.17. The van der Waals surface area contributed by atoms with Crippen LogP contribution in [0.15, 0.2) is 12.1 Å². The third kappa shape index (κ3) is 1.80. The normalized spacial score (nSPS) is 25.4. The van der Waals surface area contributed by atoms with Crippen molar-refractivity contribution in [3.63, 3.8) is 0 Å². The van der Waals surface area contributed by atoms with Crippen LogP contribution in [-0.4, -0.2) is 12.1 Å². The molecule has 2 aliphatic rings. The van der Waals surface area contributed by atoms with Crippen LogP contribution in [0.25, 0.3) is 0 Å². The second-order valence-electron chi connectivity index (χ2n) is 5.82. The fourth-order valence-electron chi connectivity index (χ4n) is 2.97. The Balaban J connectivity index is 0.000000902. The molecule has 3 rings (SSSR count). The Labute approximate surface area is 107 Å². The molecule has 2 heteroatoms. The third-order valence-corrected chi connectivity index (χ3v) is 4.23. The van der Waals surface area contributed by atoms with Crippen molar-refractivity contribution in [3.8, 4) is 0 Å². The summed E-state index contributed by atoms with van der Waals surface area (Å²) in [6.07, 6.45) is 3.60. The van der Waals surface area contributed by atoms with Crippen molar-refractivity contribution < 1.29 is 2.85 Å². The van der Waals surface area contributed by atoms with Crippen LogP contribution in [0.5, 0.6) is 0 Å². The fraction of sp³-hybridized carbons (Fsp3) is 0.600. The number of hydrogen-bond acceptors (Lipinski definition) is 2. The average Bonchev–Trinajstić information content (AvgIpc) is 2.87. The van der Waals surface area contributed by atoms with Gasteiger partial charge in [0, 0.05) is 26.3 Å². The topological polar surface area (TPSA) is 24.1 Å². The van der Waals surface area contributed by atoms with Gasteiger partial charge in [-0.25, -0.2) is 0 Å². The molecule has 0 bridgehead atoms. The van der Waals surface area contributed by atoms with E-state index >= 15 is 0 Å². The van der Waals surface area contributed by atoms with Gasteiger partial charge in [-0.1, -0.05) is 26.8 Å². The number of anilines is 2. The number of rotatable bonds is 2. The van der Waals surface area contributed by atoms with Gasteiger partial charge in [0.2, 0.25) is 0 Å². The molecule has 96 valence electrons. The van der Waals surface area contributed by atoms with Gasteiger partial charge in [-0.3, -0.25) is 0 Å². The Hall–Kier alpha value is -1.18. The van der Waals surface area contributed by atoms with E-state index in [1.807, 2.05) is 0 Å². The van der Waals surface area contributed by atoms with Crippen molar-refractivity contribution in [1.29, 1.82) is 0 Å². The minimum atomic E-state index is 0. The van der Waals surface area contributed by atoms with E-state index < -0.39 is 0 Å². The van der Waals surface area contributed by atoms with Gasteiger partial charge in [0.15, 0.2) is 0 Å². The minimum absolute atomic E-state index is 0. The Morgan fingerprint density at radius 1 is 1.18 bits per heavy atom. The molecule has 1 aromatic rings. The molecular weight excluding hydrogens is 208 g/mol. The Morgan fingerprint density at radius 2 is 1.88 bits per heavy atom. The summed E-state index contributed by atoms with van der Waals surface area (Å²) >= 11 is 0. The van der Waals surface area contributed by atoms with E-state index in [0.717, 1.165) is 0 Å². The van der Waals surface area contributed by atoms with Crippen LogP contribution in [0.4, 0.5) is 11.4 Å². The molecule has 0 aromatic heterocycles. The number of nitrogens with one attached hydrogen (secondary N) is 2. The molecule has 2 unspecified atom stereocenters. The van der Waals surface area contributed by atoms with E-state index in [9.17, 15) is 0 Å². The zero-order valence-corrected chi connectivity index (χ0v) is 11.0. The van der Waals surface area contributed by atoms with Gasteiger partial charge < -0.3 is 10.6 Å². The Kier molecular flexibility index (Phi) is 2.53. The van der Waals surface area contributed by atoms with E-state index in [1.165, 1.54) is 41.8 Å². The van der Waals surface area contributed by atoms with Gasteiger partial charge in [-0.15, -0.1) is 0 Å². The summed E-state index contributed by atoms with van der Waals surface area (Å²) < 4.78 is 0. The average molecular weight is 234 g/mol. The van der Waals surface area contributed by atoms with Crippen molar-refractivity contribution in [3.05, 3.63) is 23.3 Å². The minimum Gasteiger partial charge on any atom is -0.382 e. The molecule has 0 spiro atoms. The highest BCUT2D eigenvalue weighted by Gasteiger charge is 2.27. The maximum absolute atomic E-state index is 3.66. The summed E-state index contributed by atoms with van der Waals surface area (Å²) in [5.74, 6) is 0.702. The van der Waals surface area contributed by atoms with Crippen molar-refractivity contribution in [2.75, 3.05) is 10.6 Å². The maximum atomic E-state index is 3.66. The summed E-state index contributed by atoms with van der Waals surface area (Å²) in [5.41, 5.74) is 5.74. The van der Waals surface area contributed by atoms with Crippen LogP contribution in [0.2, 0.25) is 0 Å². The molecule has 2 heterocycles. The molecule has 0 aliphatic carbocycles. The summed E-state index contributed by atoms with van der Waals surface area (Å²) in [7, 11) is 0. The van der Waals surface area contributed by atoms with Crippen molar-refractivity contribution in [2.45, 2.75) is 52.1 Å². The monoisotopic (exact) mass is 234 g/mol. The first-order valence-corrected chi connectivity index (χ1v) is 6.86. The lowest BCUT2D eigenvalue weighted by atomic mass is 9.99. The van der Waals surface area contributed by atoms with Crippen LogP contribution < -0.4 is 10.6 Å². The molecule has 2 nitrogen and oxygen atoms in total. The summed E-state index contributed by atoms with van der Waals surface area (Å²) in [5, 5.41) is 7.27. The largest absolute Gasteiger partial charge is 0.382 e. The smallest absolute Gasteiger partial charge is 0.0396 e. The van der Waals surface area contributed by atoms with Gasteiger partial charge >= 0.3 is 0 Å². The standard InChI is InChI=1S/C15H22N2.2H2/c1-4-12-6-10-5-11-7-13(9(2)3)17-15(11)8-14(10)16-12;;/h5,8-9,12-13,16-17H,4,6-7H2,1-3H3;2*1H. The van der Waals surface area contributed by atoms with Crippen LogP contribution >= 0.6 is 0 Å². The molecule has 2 atom stereocenters. The predicted octanol–water partition coefficient (Wildman–Crippen LogP) is 3.92. The maximum Gasteiger partial charge on any atom is 0.0396 e. The quantitative estimate of drug-likeness (QED) is 0.810. The Bertz CT molecular complexity index is 411. The second kappa shape index (κ2) is 3.94. The molecule has 0 radical (unpaired) electrons. The molecule has 0 amide bonds. The lowest BCUT2D eigenvalue weighted by molar-refractivity contribution is 0.538. The van der Waals surface area contributed by atoms with Gasteiger partial charge in [0.25, 0.3) is 0 Å². The van der Waals surface area contributed by atoms with E-state index in [2.05, 4.69) is 43.5 Å². The first kappa shape index (κ1) is 10.9. The Morgan fingerprint density at radius 3 is 2.59 bits per heavy atom. The highest BCUT2D eigenvalue weighted by atomic mass is 15.0. The van der Waals surface area contributed by atoms with E-state index in [0.29, 0.717) is 18.0 Å². The molecule has 17 heavy (non-hydrogen) atoms. The lowest BCUT2D eigenvalue weighted by Crippen LogP contribution is -2.21. The molecule has 0 saturated carbocycles. The van der Waals surface area contributed by atoms with Crippen LogP contribution in [0.3, 0.4) is 0 Å². The van der Waals surface area contributed by atoms with Crippen molar-refractivity contribution in [2.24, 2.45) is 5.92 Å². The van der Waals surface area contributed by atoms with Gasteiger partial charge in [0.05, 0.1) is 0 Å². The molecule has 1 aromatic carbocycles. The number of fused-ring (bicyclic) bond motifs is 2. The predicted molar refractivity (Wildman–Crippen MR) is 78.0 cm³/mol. The molecule has 0 saturated heterocycles. The zero-order valence-electron chi connectivity index (χ0n) is 11.0. The lowest BCUT2D eigenvalue weighted by Gasteiger charge is -2.15. The van der Waals surface area contributed by atoms with Crippen LogP contribution in [0.1, 0.15) is 41.2 Å². The highest BCUT2D eigenvalue weighted by Crippen LogP contribution is 2.37. The summed E-state index contributed by atoms with van der Waals surface area (Å²) in [4.78, 5) is 0. The fourth-order valence-corrected chi connectivity index (χ4v) is 2.97. The molecule has 2 N–H and O–H groups in total. The van der Waals surface area contributed by atoms with E-state index in [-0.39, 0.29) is 2.85 Å². The van der Waals surface area contributed by atoms with Gasteiger partial charge in [-0.2, -0.15) is 0 Å². The second-order valence-corrected chi connectivity index (χ2v) is 5.82. The third-order valence-electron chi connectivity index (χ3n) is 4.23.